The monoisotopic (exact) mass is 289 g/mol. The molecule has 0 spiro atoms. The van der Waals surface area contributed by atoms with Crippen LogP contribution in [0.25, 0.3) is 0 Å². The number of hydrogen-bond donors (Lipinski definition) is 0. The maximum atomic E-state index is 11.4. The van der Waals surface area contributed by atoms with E-state index >= 15 is 0 Å². The molecule has 0 saturated carbocycles. The molecule has 2 heterocycles. The van der Waals surface area contributed by atoms with Crippen LogP contribution in [0.1, 0.15) is 48.5 Å². The highest BCUT2D eigenvalue weighted by atomic mass is 16.5. The van der Waals surface area contributed by atoms with Crippen LogP contribution in [0, 0.1) is 0 Å². The number of rotatable bonds is 4. The van der Waals surface area contributed by atoms with E-state index in [1.54, 1.807) is 0 Å². The average molecular weight is 289 g/mol. The number of benzene rings is 1. The van der Waals surface area contributed by atoms with Crippen LogP contribution in [0.5, 0.6) is 5.75 Å². The van der Waals surface area contributed by atoms with Crippen molar-refractivity contribution < 1.29 is 14.3 Å². The van der Waals surface area contributed by atoms with Crippen molar-refractivity contribution in [2.24, 2.45) is 0 Å². The molecule has 1 fully saturated rings. The molecule has 1 unspecified atom stereocenters. The zero-order chi connectivity index (χ0) is 14.7. The van der Waals surface area contributed by atoms with E-state index < -0.39 is 0 Å². The van der Waals surface area contributed by atoms with E-state index in [0.717, 1.165) is 24.5 Å². The normalized spacial score (nSPS) is 22.5. The number of esters is 1. The van der Waals surface area contributed by atoms with Crippen molar-refractivity contribution in [3.05, 3.63) is 29.3 Å². The molecule has 0 N–H and O–H groups in total. The molecular weight excluding hydrogens is 266 g/mol. The van der Waals surface area contributed by atoms with Gasteiger partial charge in [-0.1, -0.05) is 19.8 Å². The standard InChI is InChI=1S/C17H23NO3/c1-2-18-9-5-3-4-6-14(18)12-20-15-7-8-16-13(10-15)11-21-17(16)19/h7-8,10,14H,2-6,9,11-12H2,1H3. The van der Waals surface area contributed by atoms with Crippen LogP contribution in [-0.4, -0.2) is 36.6 Å². The van der Waals surface area contributed by atoms with Crippen molar-refractivity contribution >= 4 is 5.97 Å². The van der Waals surface area contributed by atoms with E-state index in [4.69, 9.17) is 9.47 Å². The summed E-state index contributed by atoms with van der Waals surface area (Å²) in [5, 5.41) is 0. The Hall–Kier alpha value is -1.55. The quantitative estimate of drug-likeness (QED) is 0.799. The van der Waals surface area contributed by atoms with Crippen LogP contribution >= 0.6 is 0 Å². The summed E-state index contributed by atoms with van der Waals surface area (Å²) >= 11 is 0. The fourth-order valence-electron chi connectivity index (χ4n) is 3.23. The maximum Gasteiger partial charge on any atom is 0.338 e. The van der Waals surface area contributed by atoms with Crippen molar-refractivity contribution in [3.8, 4) is 5.75 Å². The van der Waals surface area contributed by atoms with Crippen molar-refractivity contribution in [1.82, 2.24) is 4.90 Å². The first-order valence-electron chi connectivity index (χ1n) is 7.95. The number of nitrogens with zero attached hydrogens (tertiary/aromatic N) is 1. The van der Waals surface area contributed by atoms with E-state index in [9.17, 15) is 4.79 Å². The van der Waals surface area contributed by atoms with E-state index in [-0.39, 0.29) is 5.97 Å². The number of hydrogen-bond acceptors (Lipinski definition) is 4. The summed E-state index contributed by atoms with van der Waals surface area (Å²) in [5.74, 6) is 0.616. The van der Waals surface area contributed by atoms with Crippen molar-refractivity contribution in [2.45, 2.75) is 45.3 Å². The Labute approximate surface area is 126 Å². The van der Waals surface area contributed by atoms with Gasteiger partial charge in [0.2, 0.25) is 0 Å². The first-order valence-corrected chi connectivity index (χ1v) is 7.95. The van der Waals surface area contributed by atoms with Crippen LogP contribution < -0.4 is 4.74 Å². The van der Waals surface area contributed by atoms with Crippen LogP contribution in [0.2, 0.25) is 0 Å². The molecule has 0 amide bonds. The number of fused-ring (bicyclic) bond motifs is 1. The second-order valence-corrected chi connectivity index (χ2v) is 5.84. The molecule has 4 heteroatoms. The Balaban J connectivity index is 1.63. The number of cyclic esters (lactones) is 1. The lowest BCUT2D eigenvalue weighted by atomic mass is 10.1. The van der Waals surface area contributed by atoms with Gasteiger partial charge in [-0.05, 0) is 44.1 Å². The fraction of sp³-hybridized carbons (Fsp3) is 0.588. The summed E-state index contributed by atoms with van der Waals surface area (Å²) in [5.41, 5.74) is 1.61. The Morgan fingerprint density at radius 2 is 2.24 bits per heavy atom. The van der Waals surface area contributed by atoms with E-state index in [1.165, 1.54) is 32.2 Å². The minimum absolute atomic E-state index is 0.225. The molecule has 21 heavy (non-hydrogen) atoms. The van der Waals surface area contributed by atoms with Gasteiger partial charge in [-0.25, -0.2) is 4.79 Å². The molecule has 1 aromatic carbocycles. The van der Waals surface area contributed by atoms with Crippen LogP contribution in [0.15, 0.2) is 18.2 Å². The third-order valence-corrected chi connectivity index (χ3v) is 4.50. The van der Waals surface area contributed by atoms with Gasteiger partial charge in [0.15, 0.2) is 0 Å². The fourth-order valence-corrected chi connectivity index (χ4v) is 3.23. The highest BCUT2D eigenvalue weighted by molar-refractivity contribution is 5.93. The third kappa shape index (κ3) is 3.21. The Kier molecular flexibility index (Phi) is 4.44. The Bertz CT molecular complexity index is 515. The third-order valence-electron chi connectivity index (χ3n) is 4.50. The molecule has 2 aliphatic rings. The van der Waals surface area contributed by atoms with Gasteiger partial charge in [-0.2, -0.15) is 0 Å². The van der Waals surface area contributed by atoms with E-state index in [0.29, 0.717) is 18.2 Å². The summed E-state index contributed by atoms with van der Waals surface area (Å²) in [6.07, 6.45) is 5.12. The number of likely N-dealkylation sites (N-methyl/N-ethyl adjacent to an activating group) is 1. The van der Waals surface area contributed by atoms with Gasteiger partial charge in [-0.15, -0.1) is 0 Å². The van der Waals surface area contributed by atoms with Crippen LogP contribution in [-0.2, 0) is 11.3 Å². The Morgan fingerprint density at radius 3 is 3.10 bits per heavy atom. The molecule has 0 bridgehead atoms. The van der Waals surface area contributed by atoms with Crippen molar-refractivity contribution in [1.29, 1.82) is 0 Å². The lowest BCUT2D eigenvalue weighted by Crippen LogP contribution is -2.38. The molecule has 1 saturated heterocycles. The molecule has 0 aromatic heterocycles. The van der Waals surface area contributed by atoms with Gasteiger partial charge in [0.1, 0.15) is 19.0 Å². The van der Waals surface area contributed by atoms with Gasteiger partial charge in [0.05, 0.1) is 5.56 Å². The summed E-state index contributed by atoms with van der Waals surface area (Å²) in [6.45, 7) is 5.57. The van der Waals surface area contributed by atoms with Gasteiger partial charge >= 0.3 is 5.97 Å². The summed E-state index contributed by atoms with van der Waals surface area (Å²) in [4.78, 5) is 14.0. The molecule has 3 rings (SSSR count). The number of carbonyl (C=O) groups excluding carboxylic acids is 1. The first kappa shape index (κ1) is 14.4. The summed E-state index contributed by atoms with van der Waals surface area (Å²) in [7, 11) is 0. The molecule has 0 radical (unpaired) electrons. The zero-order valence-electron chi connectivity index (χ0n) is 12.6. The minimum Gasteiger partial charge on any atom is -0.492 e. The largest absolute Gasteiger partial charge is 0.492 e. The average Bonchev–Trinajstić information content (AvgIpc) is 2.74. The van der Waals surface area contributed by atoms with Gasteiger partial charge in [0.25, 0.3) is 0 Å². The molecule has 0 aliphatic carbocycles. The maximum absolute atomic E-state index is 11.4. The van der Waals surface area contributed by atoms with Crippen molar-refractivity contribution in [2.75, 3.05) is 19.7 Å². The van der Waals surface area contributed by atoms with Gasteiger partial charge < -0.3 is 9.47 Å². The molecule has 1 atom stereocenters. The van der Waals surface area contributed by atoms with Crippen LogP contribution in [0.3, 0.4) is 0 Å². The van der Waals surface area contributed by atoms with Crippen LogP contribution in [0.4, 0.5) is 0 Å². The van der Waals surface area contributed by atoms with Crippen molar-refractivity contribution in [3.63, 3.8) is 0 Å². The predicted molar refractivity (Wildman–Crippen MR) is 80.6 cm³/mol. The number of ether oxygens (including phenoxy) is 2. The second-order valence-electron chi connectivity index (χ2n) is 5.84. The second kappa shape index (κ2) is 6.48. The molecule has 4 nitrogen and oxygen atoms in total. The minimum atomic E-state index is -0.225. The first-order chi connectivity index (χ1) is 10.3. The number of likely N-dealkylation sites (tertiary alicyclic amines) is 1. The lowest BCUT2D eigenvalue weighted by Gasteiger charge is -2.28. The SMILES string of the molecule is CCN1CCCCCC1COc1ccc2c(c1)COC2=O. The topological polar surface area (TPSA) is 38.8 Å². The van der Waals surface area contributed by atoms with Gasteiger partial charge in [0, 0.05) is 11.6 Å². The smallest absolute Gasteiger partial charge is 0.338 e. The summed E-state index contributed by atoms with van der Waals surface area (Å²) in [6, 6.07) is 6.12. The number of carbonyl (C=O) groups is 1. The van der Waals surface area contributed by atoms with E-state index in [1.807, 2.05) is 18.2 Å². The Morgan fingerprint density at radius 1 is 1.33 bits per heavy atom. The highest BCUT2D eigenvalue weighted by Crippen LogP contribution is 2.25. The lowest BCUT2D eigenvalue weighted by molar-refractivity contribution is 0.0535. The predicted octanol–water partition coefficient (Wildman–Crippen LogP) is 3.00. The zero-order valence-corrected chi connectivity index (χ0v) is 12.6. The highest BCUT2D eigenvalue weighted by Gasteiger charge is 2.23. The van der Waals surface area contributed by atoms with Gasteiger partial charge in [-0.3, -0.25) is 4.90 Å². The molecule has 114 valence electrons. The molecular formula is C17H23NO3. The summed E-state index contributed by atoms with van der Waals surface area (Å²) < 4.78 is 11.0. The van der Waals surface area contributed by atoms with E-state index in [2.05, 4.69) is 11.8 Å². The molecule has 2 aliphatic heterocycles. The molecule has 1 aromatic rings.